The maximum Gasteiger partial charge on any atom is 0.241 e. The minimum Gasteiger partial charge on any atom is -0.376 e. The Kier molecular flexibility index (Phi) is 9.62. The van der Waals surface area contributed by atoms with Crippen LogP contribution in [0.15, 0.2) is 29.3 Å². The van der Waals surface area contributed by atoms with E-state index in [1.54, 1.807) is 19.0 Å². The van der Waals surface area contributed by atoms with Gasteiger partial charge in [0.25, 0.3) is 0 Å². The van der Waals surface area contributed by atoms with Crippen molar-refractivity contribution < 1.29 is 9.53 Å². The Morgan fingerprint density at radius 2 is 1.81 bits per heavy atom. The van der Waals surface area contributed by atoms with E-state index < -0.39 is 0 Å². The third-order valence-corrected chi connectivity index (χ3v) is 5.97. The molecule has 1 aromatic carbocycles. The molecule has 1 aromatic rings. The van der Waals surface area contributed by atoms with E-state index in [0.717, 1.165) is 31.6 Å². The topological polar surface area (TPSA) is 69.2 Å². The van der Waals surface area contributed by atoms with E-state index in [0.29, 0.717) is 19.0 Å². The van der Waals surface area contributed by atoms with E-state index in [4.69, 9.17) is 9.73 Å². The van der Waals surface area contributed by atoms with Crippen LogP contribution in [0.4, 0.5) is 0 Å². The fraction of sp³-hybridized carbons (Fsp3) is 0.667. The maximum absolute atomic E-state index is 12.0. The molecule has 0 aliphatic carbocycles. The minimum absolute atomic E-state index is 0.0190. The molecule has 1 atom stereocenters. The Morgan fingerprint density at radius 1 is 1.06 bits per heavy atom. The van der Waals surface area contributed by atoms with Crippen LogP contribution in [-0.4, -0.2) is 74.7 Å². The summed E-state index contributed by atoms with van der Waals surface area (Å²) in [6.45, 7) is 5.78. The fourth-order valence-corrected chi connectivity index (χ4v) is 3.97. The van der Waals surface area contributed by atoms with Crippen molar-refractivity contribution in [1.29, 1.82) is 0 Å². The largest absolute Gasteiger partial charge is 0.376 e. The zero-order chi connectivity index (χ0) is 21.9. The van der Waals surface area contributed by atoms with E-state index in [1.807, 2.05) is 0 Å². The van der Waals surface area contributed by atoms with Crippen molar-refractivity contribution in [2.45, 2.75) is 57.7 Å². The highest BCUT2D eigenvalue weighted by atomic mass is 16.5. The molecule has 0 bridgehead atoms. The fourth-order valence-electron chi connectivity index (χ4n) is 3.97. The number of likely N-dealkylation sites (tertiary alicyclic amines) is 1. The average molecular weight is 430 g/mol. The van der Waals surface area contributed by atoms with Gasteiger partial charge in [-0.25, -0.2) is 4.99 Å². The van der Waals surface area contributed by atoms with Gasteiger partial charge in [0.15, 0.2) is 5.96 Å². The van der Waals surface area contributed by atoms with Gasteiger partial charge in [0.05, 0.1) is 19.2 Å². The summed E-state index contributed by atoms with van der Waals surface area (Å²) in [6.07, 6.45) is 7.62. The Morgan fingerprint density at radius 3 is 2.48 bits per heavy atom. The molecule has 1 amide bonds. The molecule has 0 saturated carbocycles. The zero-order valence-electron chi connectivity index (χ0n) is 19.2. The van der Waals surface area contributed by atoms with Gasteiger partial charge in [0.2, 0.25) is 5.91 Å². The second-order valence-electron chi connectivity index (χ2n) is 8.83. The van der Waals surface area contributed by atoms with Crippen LogP contribution in [-0.2, 0) is 22.6 Å². The molecule has 2 saturated heterocycles. The molecular formula is C24H39N5O2. The molecule has 0 spiro atoms. The van der Waals surface area contributed by atoms with Crippen LogP contribution < -0.4 is 10.6 Å². The number of nitrogens with zero attached hydrogens (tertiary/aromatic N) is 3. The van der Waals surface area contributed by atoms with Crippen molar-refractivity contribution in [3.63, 3.8) is 0 Å². The van der Waals surface area contributed by atoms with Crippen LogP contribution >= 0.6 is 0 Å². The summed E-state index contributed by atoms with van der Waals surface area (Å²) in [5.41, 5.74) is 2.52. The molecule has 0 radical (unpaired) electrons. The smallest absolute Gasteiger partial charge is 0.241 e. The molecule has 1 unspecified atom stereocenters. The number of rotatable bonds is 8. The molecule has 2 fully saturated rings. The number of amides is 1. The minimum atomic E-state index is 0.0190. The van der Waals surface area contributed by atoms with Gasteiger partial charge in [-0.15, -0.1) is 0 Å². The van der Waals surface area contributed by atoms with E-state index in [2.05, 4.69) is 39.8 Å². The molecule has 31 heavy (non-hydrogen) atoms. The molecule has 2 heterocycles. The lowest BCUT2D eigenvalue weighted by Gasteiger charge is -2.26. The molecule has 0 aromatic heterocycles. The third-order valence-electron chi connectivity index (χ3n) is 5.97. The summed E-state index contributed by atoms with van der Waals surface area (Å²) < 4.78 is 5.81. The van der Waals surface area contributed by atoms with Crippen molar-refractivity contribution >= 4 is 11.9 Å². The number of ether oxygens (including phenoxy) is 1. The predicted octanol–water partition coefficient (Wildman–Crippen LogP) is 2.37. The lowest BCUT2D eigenvalue weighted by Crippen LogP contribution is -2.45. The quantitative estimate of drug-likeness (QED) is 0.490. The highest BCUT2D eigenvalue weighted by Gasteiger charge is 2.15. The van der Waals surface area contributed by atoms with E-state index in [1.165, 1.54) is 44.3 Å². The molecule has 7 heteroatoms. The van der Waals surface area contributed by atoms with E-state index in [9.17, 15) is 4.79 Å². The highest BCUT2D eigenvalue weighted by molar-refractivity contribution is 5.86. The number of nitrogens with one attached hydrogen (secondary N) is 2. The number of aliphatic imine (C=N–C) groups is 1. The molecule has 7 nitrogen and oxygen atoms in total. The van der Waals surface area contributed by atoms with E-state index >= 15 is 0 Å². The summed E-state index contributed by atoms with van der Waals surface area (Å²) in [4.78, 5) is 20.8. The van der Waals surface area contributed by atoms with Crippen molar-refractivity contribution in [2.24, 2.45) is 4.99 Å². The Balaban J connectivity index is 1.53. The van der Waals surface area contributed by atoms with Crippen LogP contribution in [0.25, 0.3) is 0 Å². The summed E-state index contributed by atoms with van der Waals surface area (Å²) in [7, 11) is 3.52. The highest BCUT2D eigenvalue weighted by Crippen LogP contribution is 2.14. The Hall–Kier alpha value is -2.12. The Labute approximate surface area is 187 Å². The average Bonchev–Trinajstić information content (AvgIpc) is 2.80. The lowest BCUT2D eigenvalue weighted by molar-refractivity contribution is -0.127. The van der Waals surface area contributed by atoms with Crippen molar-refractivity contribution in [1.82, 2.24) is 20.4 Å². The molecule has 2 N–H and O–H groups in total. The van der Waals surface area contributed by atoms with Crippen molar-refractivity contribution in [3.05, 3.63) is 35.4 Å². The SMILES string of the molecule is CN(C)C(=O)CNC(=NCc1ccc(CN2CCCCC2)cc1)NCC1CCCCO1. The lowest BCUT2D eigenvalue weighted by atomic mass is 10.1. The van der Waals surface area contributed by atoms with Gasteiger partial charge in [-0.1, -0.05) is 30.7 Å². The zero-order valence-corrected chi connectivity index (χ0v) is 19.2. The van der Waals surface area contributed by atoms with Crippen LogP contribution in [0.1, 0.15) is 49.7 Å². The Bertz CT molecular complexity index is 692. The molecular weight excluding hydrogens is 390 g/mol. The first-order valence-corrected chi connectivity index (χ1v) is 11.7. The van der Waals surface area contributed by atoms with Crippen LogP contribution in [0, 0.1) is 0 Å². The van der Waals surface area contributed by atoms with Gasteiger partial charge in [-0.05, 0) is 56.3 Å². The van der Waals surface area contributed by atoms with Crippen molar-refractivity contribution in [3.8, 4) is 0 Å². The normalized spacial score (nSPS) is 20.3. The number of hydrogen-bond acceptors (Lipinski definition) is 4. The predicted molar refractivity (Wildman–Crippen MR) is 125 cm³/mol. The maximum atomic E-state index is 12.0. The van der Waals surface area contributed by atoms with Gasteiger partial charge in [0, 0.05) is 33.8 Å². The first kappa shape index (κ1) is 23.5. The third kappa shape index (κ3) is 8.50. The first-order valence-electron chi connectivity index (χ1n) is 11.7. The van der Waals surface area contributed by atoms with Crippen LogP contribution in [0.2, 0.25) is 0 Å². The van der Waals surface area contributed by atoms with Crippen LogP contribution in [0.5, 0.6) is 0 Å². The summed E-state index contributed by atoms with van der Waals surface area (Å²) in [5, 5.41) is 6.52. The summed E-state index contributed by atoms with van der Waals surface area (Å²) in [5.74, 6) is 0.673. The summed E-state index contributed by atoms with van der Waals surface area (Å²) in [6, 6.07) is 8.75. The van der Waals surface area contributed by atoms with Crippen molar-refractivity contribution in [2.75, 3.05) is 46.9 Å². The van der Waals surface area contributed by atoms with Gasteiger partial charge in [-0.3, -0.25) is 9.69 Å². The van der Waals surface area contributed by atoms with Gasteiger partial charge in [-0.2, -0.15) is 0 Å². The van der Waals surface area contributed by atoms with Crippen LogP contribution in [0.3, 0.4) is 0 Å². The number of carbonyl (C=O) groups excluding carboxylic acids is 1. The first-order chi connectivity index (χ1) is 15.1. The monoisotopic (exact) mass is 429 g/mol. The number of benzene rings is 1. The number of hydrogen-bond donors (Lipinski definition) is 2. The second kappa shape index (κ2) is 12.7. The standard InChI is InChI=1S/C24H39N5O2/c1-28(2)23(30)18-27-24(26-17-22-8-4-7-15-31-22)25-16-20-9-11-21(12-10-20)19-29-13-5-3-6-14-29/h9-12,22H,3-8,13-19H2,1-2H3,(H2,25,26,27). The molecule has 3 rings (SSSR count). The number of piperidine rings is 1. The number of carbonyl (C=O) groups is 1. The van der Waals surface area contributed by atoms with Gasteiger partial charge >= 0.3 is 0 Å². The second-order valence-corrected chi connectivity index (χ2v) is 8.83. The molecule has 2 aliphatic rings. The summed E-state index contributed by atoms with van der Waals surface area (Å²) >= 11 is 0. The number of likely N-dealkylation sites (N-methyl/N-ethyl adjacent to an activating group) is 1. The molecule has 2 aliphatic heterocycles. The number of guanidine groups is 1. The van der Waals surface area contributed by atoms with E-state index in [-0.39, 0.29) is 18.6 Å². The van der Waals surface area contributed by atoms with Gasteiger partial charge in [0.1, 0.15) is 0 Å². The molecule has 172 valence electrons. The van der Waals surface area contributed by atoms with Gasteiger partial charge < -0.3 is 20.3 Å².